The lowest BCUT2D eigenvalue weighted by Crippen LogP contribution is -2.25. The second kappa shape index (κ2) is 11.9. The van der Waals surface area contributed by atoms with Gasteiger partial charge in [-0.15, -0.1) is 11.8 Å². The fraction of sp³-hybridized carbons (Fsp3) is 0.500. The Bertz CT molecular complexity index is 531. The molecule has 0 fully saturated rings. The lowest BCUT2D eigenvalue weighted by Gasteiger charge is -2.18. The van der Waals surface area contributed by atoms with Crippen LogP contribution >= 0.6 is 11.8 Å². The van der Waals surface area contributed by atoms with Crippen molar-refractivity contribution >= 4 is 29.4 Å². The molecule has 1 amide bonds. The Morgan fingerprint density at radius 3 is 2.67 bits per heavy atom. The van der Waals surface area contributed by atoms with E-state index >= 15 is 0 Å². The van der Waals surface area contributed by atoms with Gasteiger partial charge < -0.3 is 10.2 Å². The van der Waals surface area contributed by atoms with Gasteiger partial charge in [-0.25, -0.2) is 5.48 Å². The molecule has 0 aromatic heterocycles. The number of nitrogens with zero attached hydrogens (tertiary/aromatic N) is 1. The van der Waals surface area contributed by atoms with Crippen LogP contribution in [0.3, 0.4) is 0 Å². The van der Waals surface area contributed by atoms with E-state index in [0.717, 1.165) is 49.6 Å². The Labute approximate surface area is 149 Å². The molecule has 0 unspecified atom stereocenters. The third kappa shape index (κ3) is 7.38. The highest BCUT2D eigenvalue weighted by Gasteiger charge is 2.06. The second-order valence-electron chi connectivity index (χ2n) is 5.37. The van der Waals surface area contributed by atoms with Crippen molar-refractivity contribution in [3.8, 4) is 0 Å². The van der Waals surface area contributed by atoms with Crippen molar-refractivity contribution in [3.05, 3.63) is 29.8 Å². The highest BCUT2D eigenvalue weighted by Crippen LogP contribution is 2.29. The van der Waals surface area contributed by atoms with Crippen molar-refractivity contribution in [2.24, 2.45) is 0 Å². The quantitative estimate of drug-likeness (QED) is 0.247. The summed E-state index contributed by atoms with van der Waals surface area (Å²) in [4.78, 5) is 14.7. The molecule has 0 saturated carbocycles. The van der Waals surface area contributed by atoms with Gasteiger partial charge in [0.05, 0.1) is 0 Å². The number of hydrogen-bond acceptors (Lipinski definition) is 5. The van der Waals surface area contributed by atoms with Crippen LogP contribution in [-0.4, -0.2) is 47.9 Å². The molecule has 1 aromatic rings. The van der Waals surface area contributed by atoms with E-state index in [9.17, 15) is 4.79 Å². The normalized spacial score (nSPS) is 11.2. The van der Waals surface area contributed by atoms with Crippen LogP contribution in [0.2, 0.25) is 0 Å². The number of hydrogen-bond donors (Lipinski definition) is 3. The van der Waals surface area contributed by atoms with Crippen molar-refractivity contribution in [1.82, 2.24) is 10.4 Å². The second-order valence-corrected chi connectivity index (χ2v) is 6.50. The van der Waals surface area contributed by atoms with Gasteiger partial charge in [-0.2, -0.15) is 0 Å². The monoisotopic (exact) mass is 351 g/mol. The van der Waals surface area contributed by atoms with E-state index in [1.54, 1.807) is 11.6 Å². The topological polar surface area (TPSA) is 64.6 Å². The summed E-state index contributed by atoms with van der Waals surface area (Å²) < 4.78 is 0. The average molecular weight is 352 g/mol. The van der Waals surface area contributed by atoms with Gasteiger partial charge in [0.2, 0.25) is 0 Å². The molecule has 1 aromatic carbocycles. The minimum absolute atomic E-state index is 0.532. The number of rotatable bonds is 11. The summed E-state index contributed by atoms with van der Waals surface area (Å²) in [6.45, 7) is 10.6. The molecule has 0 bridgehead atoms. The molecule has 0 spiro atoms. The zero-order valence-electron chi connectivity index (χ0n) is 14.8. The Hall–Kier alpha value is -1.50. The zero-order valence-corrected chi connectivity index (χ0v) is 15.7. The maximum Gasteiger partial charge on any atom is 0.267 e. The number of carbonyl (C=O) groups is 1. The van der Waals surface area contributed by atoms with Crippen LogP contribution in [-0.2, 0) is 4.79 Å². The third-order valence-electron chi connectivity index (χ3n) is 3.67. The van der Waals surface area contributed by atoms with E-state index in [1.807, 2.05) is 23.9 Å². The van der Waals surface area contributed by atoms with Gasteiger partial charge in [0.1, 0.15) is 0 Å². The van der Waals surface area contributed by atoms with Crippen LogP contribution in [0.1, 0.15) is 32.8 Å². The van der Waals surface area contributed by atoms with E-state index in [1.165, 1.54) is 11.0 Å². The van der Waals surface area contributed by atoms with Crippen LogP contribution in [0.5, 0.6) is 0 Å². The summed E-state index contributed by atoms with van der Waals surface area (Å²) in [5.41, 5.74) is 3.61. The fourth-order valence-corrected chi connectivity index (χ4v) is 3.23. The first-order valence-corrected chi connectivity index (χ1v) is 9.48. The SMILES string of the molecule is CCCNc1cc(/C=C/C(=O)NO)ccc1SCCN(CC)CC. The highest BCUT2D eigenvalue weighted by molar-refractivity contribution is 7.99. The molecular formula is C18H29N3O2S. The van der Waals surface area contributed by atoms with Crippen molar-refractivity contribution < 1.29 is 10.0 Å². The number of thioether (sulfide) groups is 1. The number of benzene rings is 1. The van der Waals surface area contributed by atoms with Crippen molar-refractivity contribution in [1.29, 1.82) is 0 Å². The lowest BCUT2D eigenvalue weighted by atomic mass is 10.2. The summed E-state index contributed by atoms with van der Waals surface area (Å²) in [5.74, 6) is 0.514. The van der Waals surface area contributed by atoms with Gasteiger partial charge in [-0.1, -0.05) is 26.8 Å². The summed E-state index contributed by atoms with van der Waals surface area (Å²) in [6.07, 6.45) is 4.05. The van der Waals surface area contributed by atoms with E-state index in [-0.39, 0.29) is 0 Å². The van der Waals surface area contributed by atoms with Gasteiger partial charge >= 0.3 is 0 Å². The van der Waals surface area contributed by atoms with E-state index in [2.05, 4.69) is 37.1 Å². The molecule has 0 heterocycles. The first kappa shape index (κ1) is 20.5. The van der Waals surface area contributed by atoms with Crippen molar-refractivity contribution in [3.63, 3.8) is 0 Å². The van der Waals surface area contributed by atoms with Gasteiger partial charge in [0, 0.05) is 35.5 Å². The summed E-state index contributed by atoms with van der Waals surface area (Å²) >= 11 is 1.85. The number of nitrogens with one attached hydrogen (secondary N) is 2. The summed E-state index contributed by atoms with van der Waals surface area (Å²) in [5, 5.41) is 12.0. The maximum atomic E-state index is 11.1. The van der Waals surface area contributed by atoms with Gasteiger partial charge in [0.15, 0.2) is 0 Å². The van der Waals surface area contributed by atoms with Crippen LogP contribution in [0.4, 0.5) is 5.69 Å². The Kier molecular flexibility index (Phi) is 10.2. The van der Waals surface area contributed by atoms with Gasteiger partial charge in [-0.05, 0) is 43.3 Å². The minimum atomic E-state index is -0.532. The first-order chi connectivity index (χ1) is 11.6. The first-order valence-electron chi connectivity index (χ1n) is 8.49. The molecule has 6 heteroatoms. The van der Waals surface area contributed by atoms with Crippen LogP contribution < -0.4 is 10.8 Å². The standard InChI is InChI=1S/C18H29N3O2S/c1-4-11-19-16-14-15(8-10-18(22)20-23)7-9-17(16)24-13-12-21(5-2)6-3/h7-10,14,19,23H,4-6,11-13H2,1-3H3,(H,20,22)/b10-8+. The fourth-order valence-electron chi connectivity index (χ4n) is 2.21. The predicted molar refractivity (Wildman–Crippen MR) is 103 cm³/mol. The van der Waals surface area contributed by atoms with Gasteiger partial charge in [0.25, 0.3) is 5.91 Å². The smallest absolute Gasteiger partial charge is 0.267 e. The van der Waals surface area contributed by atoms with E-state index in [0.29, 0.717) is 0 Å². The third-order valence-corrected chi connectivity index (χ3v) is 4.72. The molecular weight excluding hydrogens is 322 g/mol. The predicted octanol–water partition coefficient (Wildman–Crippen LogP) is 3.46. The van der Waals surface area contributed by atoms with Gasteiger partial charge in [-0.3, -0.25) is 10.0 Å². The van der Waals surface area contributed by atoms with Crippen LogP contribution in [0.25, 0.3) is 6.08 Å². The molecule has 0 aliphatic heterocycles. The molecule has 24 heavy (non-hydrogen) atoms. The Morgan fingerprint density at radius 1 is 1.29 bits per heavy atom. The molecule has 3 N–H and O–H groups in total. The number of hydroxylamine groups is 1. The van der Waals surface area contributed by atoms with Crippen LogP contribution in [0, 0.1) is 0 Å². The molecule has 0 atom stereocenters. The summed E-state index contributed by atoms with van der Waals surface area (Å²) in [7, 11) is 0. The minimum Gasteiger partial charge on any atom is -0.384 e. The molecule has 0 aliphatic carbocycles. The van der Waals surface area contributed by atoms with Crippen molar-refractivity contribution in [2.45, 2.75) is 32.1 Å². The van der Waals surface area contributed by atoms with Crippen LogP contribution in [0.15, 0.2) is 29.2 Å². The van der Waals surface area contributed by atoms with E-state index < -0.39 is 5.91 Å². The number of carbonyl (C=O) groups excluding carboxylic acids is 1. The number of anilines is 1. The maximum absolute atomic E-state index is 11.1. The Balaban J connectivity index is 2.78. The number of amides is 1. The zero-order chi connectivity index (χ0) is 17.8. The molecule has 134 valence electrons. The largest absolute Gasteiger partial charge is 0.384 e. The highest BCUT2D eigenvalue weighted by atomic mass is 32.2. The average Bonchev–Trinajstić information content (AvgIpc) is 2.62. The molecule has 1 rings (SSSR count). The molecule has 5 nitrogen and oxygen atoms in total. The summed E-state index contributed by atoms with van der Waals surface area (Å²) in [6, 6.07) is 6.11. The Morgan fingerprint density at radius 2 is 2.04 bits per heavy atom. The lowest BCUT2D eigenvalue weighted by molar-refractivity contribution is -0.124. The van der Waals surface area contributed by atoms with Crippen molar-refractivity contribution in [2.75, 3.05) is 37.2 Å². The molecule has 0 aliphatic rings. The van der Waals surface area contributed by atoms with E-state index in [4.69, 9.17) is 5.21 Å². The molecule has 0 saturated heterocycles. The molecule has 0 radical (unpaired) electrons.